The number of hydrogen-bond donors (Lipinski definition) is 2. The van der Waals surface area contributed by atoms with Crippen molar-refractivity contribution in [2.24, 2.45) is 10.2 Å². The Kier molecular flexibility index (Phi) is 6.65. The largest absolute Gasteiger partial charge is 0.325 e. The molecule has 2 N–H and O–H groups in total. The first kappa shape index (κ1) is 19.6. The zero-order chi connectivity index (χ0) is 19.2. The molecule has 2 aromatic rings. The monoisotopic (exact) mass is 464 g/mol. The van der Waals surface area contributed by atoms with E-state index >= 15 is 0 Å². The summed E-state index contributed by atoms with van der Waals surface area (Å²) in [6, 6.07) is 14.3. The molecule has 0 bridgehead atoms. The van der Waals surface area contributed by atoms with E-state index < -0.39 is 5.25 Å². The van der Waals surface area contributed by atoms with Crippen LogP contribution >= 0.6 is 39.3 Å². The van der Waals surface area contributed by atoms with Crippen LogP contribution in [0.5, 0.6) is 0 Å². The van der Waals surface area contributed by atoms with Gasteiger partial charge < -0.3 is 10.6 Å². The smallest absolute Gasteiger partial charge is 0.238 e. The highest BCUT2D eigenvalue weighted by molar-refractivity contribution is 9.10. The molecule has 2 amide bonds. The summed E-state index contributed by atoms with van der Waals surface area (Å²) in [6.07, 6.45) is 1.62. The summed E-state index contributed by atoms with van der Waals surface area (Å²) in [7, 11) is 0. The Bertz CT molecular complexity index is 901. The van der Waals surface area contributed by atoms with Crippen molar-refractivity contribution in [1.82, 2.24) is 5.32 Å². The standard InChI is InChI=1S/C18H14BrClN4O2S/c19-12-3-7-14(8-4-12)22-17(26)15-9-16(25)23-18(27-15)24-21-10-11-1-5-13(20)6-2-11/h1-8,10,15H,9H2,(H,22,26)(H,23,24,25)/b21-10-/t15-/m1/s1. The number of anilines is 1. The number of carbonyl (C=O) groups is 2. The van der Waals surface area contributed by atoms with Gasteiger partial charge in [-0.1, -0.05) is 51.4 Å². The molecular weight excluding hydrogens is 452 g/mol. The van der Waals surface area contributed by atoms with Crippen LogP contribution in [-0.4, -0.2) is 28.4 Å². The first-order chi connectivity index (χ1) is 13.0. The predicted octanol–water partition coefficient (Wildman–Crippen LogP) is 4.05. The SMILES string of the molecule is O=C1C[C@H](C(=O)Nc2ccc(Br)cc2)SC(=N/N=C\c2ccc(Cl)cc2)N1. The van der Waals surface area contributed by atoms with Crippen molar-refractivity contribution in [2.75, 3.05) is 5.32 Å². The van der Waals surface area contributed by atoms with Crippen LogP contribution in [0.1, 0.15) is 12.0 Å². The summed E-state index contributed by atoms with van der Waals surface area (Å²) >= 11 is 10.3. The Morgan fingerprint density at radius 3 is 2.63 bits per heavy atom. The van der Waals surface area contributed by atoms with Crippen LogP contribution in [0.2, 0.25) is 5.02 Å². The van der Waals surface area contributed by atoms with Crippen molar-refractivity contribution in [1.29, 1.82) is 0 Å². The van der Waals surface area contributed by atoms with Crippen LogP contribution in [0, 0.1) is 0 Å². The Hall–Kier alpha value is -2.16. The van der Waals surface area contributed by atoms with Gasteiger partial charge in [0.05, 0.1) is 6.21 Å². The number of carbonyl (C=O) groups excluding carboxylic acids is 2. The van der Waals surface area contributed by atoms with Crippen LogP contribution in [-0.2, 0) is 9.59 Å². The van der Waals surface area contributed by atoms with Crippen molar-refractivity contribution < 1.29 is 9.59 Å². The number of amidine groups is 1. The average molecular weight is 466 g/mol. The molecule has 0 aromatic heterocycles. The van der Waals surface area contributed by atoms with E-state index in [1.165, 1.54) is 11.8 Å². The molecule has 0 spiro atoms. The molecular formula is C18H14BrClN4O2S. The Morgan fingerprint density at radius 2 is 1.93 bits per heavy atom. The molecule has 1 saturated heterocycles. The highest BCUT2D eigenvalue weighted by Gasteiger charge is 2.30. The lowest BCUT2D eigenvalue weighted by atomic mass is 10.2. The minimum absolute atomic E-state index is 0.0763. The second-order valence-corrected chi connectivity index (χ2v) is 8.10. The Morgan fingerprint density at radius 1 is 1.22 bits per heavy atom. The van der Waals surface area contributed by atoms with Gasteiger partial charge >= 0.3 is 0 Å². The molecule has 1 atom stereocenters. The maximum absolute atomic E-state index is 12.4. The van der Waals surface area contributed by atoms with Crippen molar-refractivity contribution in [3.63, 3.8) is 0 Å². The fraction of sp³-hybridized carbons (Fsp3) is 0.111. The van der Waals surface area contributed by atoms with Crippen molar-refractivity contribution in [2.45, 2.75) is 11.7 Å². The minimum atomic E-state index is -0.577. The molecule has 0 radical (unpaired) electrons. The zero-order valence-corrected chi connectivity index (χ0v) is 17.0. The molecule has 0 unspecified atom stereocenters. The van der Waals surface area contributed by atoms with E-state index in [9.17, 15) is 9.59 Å². The third-order valence-electron chi connectivity index (χ3n) is 3.50. The molecule has 27 heavy (non-hydrogen) atoms. The predicted molar refractivity (Wildman–Crippen MR) is 113 cm³/mol. The number of amides is 2. The van der Waals surface area contributed by atoms with Crippen molar-refractivity contribution in [3.8, 4) is 0 Å². The summed E-state index contributed by atoms with van der Waals surface area (Å²) in [6.45, 7) is 0. The van der Waals surface area contributed by atoms with Crippen LogP contribution in [0.4, 0.5) is 5.69 Å². The van der Waals surface area contributed by atoms with E-state index in [1.807, 2.05) is 12.1 Å². The summed E-state index contributed by atoms with van der Waals surface area (Å²) in [5.74, 6) is -0.531. The lowest BCUT2D eigenvalue weighted by molar-refractivity contribution is -0.123. The topological polar surface area (TPSA) is 82.9 Å². The number of nitrogens with one attached hydrogen (secondary N) is 2. The van der Waals surface area contributed by atoms with Crippen molar-refractivity contribution in [3.05, 3.63) is 63.6 Å². The van der Waals surface area contributed by atoms with Gasteiger partial charge in [-0.05, 0) is 42.0 Å². The summed E-state index contributed by atoms with van der Waals surface area (Å²) < 4.78 is 0.917. The van der Waals surface area contributed by atoms with Gasteiger partial charge in [0.25, 0.3) is 0 Å². The van der Waals surface area contributed by atoms with Gasteiger partial charge in [0.15, 0.2) is 5.17 Å². The van der Waals surface area contributed by atoms with E-state index in [0.717, 1.165) is 10.0 Å². The normalized spacial score (nSPS) is 18.5. The Labute approximate surface area is 173 Å². The molecule has 138 valence electrons. The highest BCUT2D eigenvalue weighted by atomic mass is 79.9. The lowest BCUT2D eigenvalue weighted by Crippen LogP contribution is -2.41. The van der Waals surface area contributed by atoms with Gasteiger partial charge in [-0.15, -0.1) is 5.10 Å². The van der Waals surface area contributed by atoms with E-state index in [-0.39, 0.29) is 23.4 Å². The number of thioether (sulfide) groups is 1. The van der Waals surface area contributed by atoms with E-state index in [4.69, 9.17) is 11.6 Å². The van der Waals surface area contributed by atoms with Gasteiger partial charge in [0.2, 0.25) is 11.8 Å². The van der Waals surface area contributed by atoms with Gasteiger partial charge in [-0.2, -0.15) is 5.10 Å². The third kappa shape index (κ3) is 5.92. The lowest BCUT2D eigenvalue weighted by Gasteiger charge is -2.21. The maximum Gasteiger partial charge on any atom is 0.238 e. The first-order valence-corrected chi connectivity index (χ1v) is 9.94. The van der Waals surface area contributed by atoms with Crippen LogP contribution in [0.25, 0.3) is 0 Å². The fourth-order valence-corrected chi connectivity index (χ4v) is 3.52. The van der Waals surface area contributed by atoms with E-state index in [0.29, 0.717) is 10.7 Å². The summed E-state index contributed by atoms with van der Waals surface area (Å²) in [5, 5.41) is 13.7. The van der Waals surface area contributed by atoms with Gasteiger partial charge in [0, 0.05) is 21.6 Å². The van der Waals surface area contributed by atoms with Gasteiger partial charge in [-0.25, -0.2) is 0 Å². The molecule has 1 aliphatic rings. The van der Waals surface area contributed by atoms with Crippen molar-refractivity contribution >= 4 is 68.2 Å². The molecule has 9 heteroatoms. The van der Waals surface area contributed by atoms with Crippen LogP contribution < -0.4 is 10.6 Å². The van der Waals surface area contributed by atoms with Gasteiger partial charge in [-0.3, -0.25) is 9.59 Å². The molecule has 2 aromatic carbocycles. The third-order valence-corrected chi connectivity index (χ3v) is 5.35. The maximum atomic E-state index is 12.4. The van der Waals surface area contributed by atoms with Crippen LogP contribution in [0.15, 0.2) is 63.2 Å². The number of hydrogen-bond acceptors (Lipinski definition) is 5. The van der Waals surface area contributed by atoms with Crippen LogP contribution in [0.3, 0.4) is 0 Å². The molecule has 6 nitrogen and oxygen atoms in total. The highest BCUT2D eigenvalue weighted by Crippen LogP contribution is 2.23. The Balaban J connectivity index is 1.64. The molecule has 0 aliphatic carbocycles. The zero-order valence-electron chi connectivity index (χ0n) is 13.9. The average Bonchev–Trinajstić information content (AvgIpc) is 2.65. The molecule has 1 heterocycles. The molecule has 0 saturated carbocycles. The number of nitrogens with zero attached hydrogens (tertiary/aromatic N) is 2. The second kappa shape index (κ2) is 9.16. The van der Waals surface area contributed by atoms with E-state index in [1.54, 1.807) is 42.6 Å². The number of benzene rings is 2. The fourth-order valence-electron chi connectivity index (χ4n) is 2.19. The quantitative estimate of drug-likeness (QED) is 0.528. The molecule has 1 fully saturated rings. The molecule has 3 rings (SSSR count). The summed E-state index contributed by atoms with van der Waals surface area (Å²) in [4.78, 5) is 24.3. The van der Waals surface area contributed by atoms with Gasteiger partial charge in [0.1, 0.15) is 5.25 Å². The number of rotatable bonds is 4. The summed E-state index contributed by atoms with van der Waals surface area (Å²) in [5.41, 5.74) is 1.48. The van der Waals surface area contributed by atoms with E-state index in [2.05, 4.69) is 36.8 Å². The second-order valence-electron chi connectivity index (χ2n) is 5.56. The number of halogens is 2. The molecule has 1 aliphatic heterocycles. The first-order valence-electron chi connectivity index (χ1n) is 7.89. The minimum Gasteiger partial charge on any atom is -0.325 e.